The molecule has 0 aliphatic carbocycles. The number of nitrogens with two attached hydrogens (primary N) is 1. The number of rotatable bonds is 4. The summed E-state index contributed by atoms with van der Waals surface area (Å²) in [5.74, 6) is 0.251. The minimum Gasteiger partial charge on any atom is -0.373 e. The number of hydrogen-bond donors (Lipinski definition) is 2. The Morgan fingerprint density at radius 1 is 1.60 bits per heavy atom. The smallest absolute Gasteiger partial charge is 0.252 e. The van der Waals surface area contributed by atoms with Crippen LogP contribution in [0.5, 0.6) is 0 Å². The van der Waals surface area contributed by atoms with Gasteiger partial charge in [-0.25, -0.2) is 4.98 Å². The molecule has 2 rings (SSSR count). The maximum absolute atomic E-state index is 11.7. The zero-order chi connectivity index (χ0) is 14.7. The van der Waals surface area contributed by atoms with E-state index in [0.29, 0.717) is 24.5 Å². The van der Waals surface area contributed by atoms with E-state index in [0.717, 1.165) is 24.3 Å². The summed E-state index contributed by atoms with van der Waals surface area (Å²) < 4.78 is 5.68. The maximum Gasteiger partial charge on any atom is 0.252 e. The van der Waals surface area contributed by atoms with Crippen LogP contribution in [0, 0.1) is 13.8 Å². The van der Waals surface area contributed by atoms with Crippen molar-refractivity contribution in [1.82, 2.24) is 10.3 Å². The van der Waals surface area contributed by atoms with Gasteiger partial charge in [0, 0.05) is 25.3 Å². The van der Waals surface area contributed by atoms with E-state index in [4.69, 9.17) is 10.5 Å². The molecule has 110 valence electrons. The average Bonchev–Trinajstić information content (AvgIpc) is 2.38. The lowest BCUT2D eigenvalue weighted by molar-refractivity contribution is 0.0418. The molecule has 0 aromatic carbocycles. The first-order chi connectivity index (χ1) is 9.52. The fraction of sp³-hybridized carbons (Fsp3) is 0.571. The van der Waals surface area contributed by atoms with Crippen LogP contribution in [0.4, 0.5) is 5.82 Å². The number of ether oxygens (including phenoxy) is 1. The second-order valence-electron chi connectivity index (χ2n) is 5.14. The molecule has 0 radical (unpaired) electrons. The monoisotopic (exact) mass is 278 g/mol. The van der Waals surface area contributed by atoms with Crippen molar-refractivity contribution in [3.63, 3.8) is 0 Å². The Morgan fingerprint density at radius 3 is 3.00 bits per heavy atom. The van der Waals surface area contributed by atoms with Gasteiger partial charge in [0.25, 0.3) is 5.91 Å². The lowest BCUT2D eigenvalue weighted by atomic mass is 10.1. The van der Waals surface area contributed by atoms with Crippen LogP contribution in [-0.2, 0) is 4.74 Å². The van der Waals surface area contributed by atoms with Crippen molar-refractivity contribution in [2.24, 2.45) is 5.73 Å². The van der Waals surface area contributed by atoms with Crippen LogP contribution in [-0.4, -0.2) is 50.3 Å². The average molecular weight is 278 g/mol. The third-order valence-electron chi connectivity index (χ3n) is 3.44. The molecule has 1 aliphatic rings. The van der Waals surface area contributed by atoms with Crippen molar-refractivity contribution in [2.45, 2.75) is 20.0 Å². The molecule has 1 amide bonds. The first kappa shape index (κ1) is 14.7. The number of likely N-dealkylation sites (N-methyl/N-ethyl adjacent to an activating group) is 1. The van der Waals surface area contributed by atoms with E-state index < -0.39 is 5.91 Å². The zero-order valence-electron chi connectivity index (χ0n) is 12.3. The van der Waals surface area contributed by atoms with Crippen LogP contribution in [0.15, 0.2) is 6.07 Å². The van der Waals surface area contributed by atoms with Crippen LogP contribution in [0.25, 0.3) is 0 Å². The fourth-order valence-corrected chi connectivity index (χ4v) is 2.61. The molecule has 1 saturated heterocycles. The summed E-state index contributed by atoms with van der Waals surface area (Å²) in [5.41, 5.74) is 7.79. The predicted molar refractivity (Wildman–Crippen MR) is 78.1 cm³/mol. The van der Waals surface area contributed by atoms with Gasteiger partial charge >= 0.3 is 0 Å². The molecule has 1 aromatic heterocycles. The Bertz CT molecular complexity index is 502. The molecule has 1 fully saturated rings. The Hall–Kier alpha value is -1.66. The molecular weight excluding hydrogens is 256 g/mol. The van der Waals surface area contributed by atoms with Crippen molar-refractivity contribution in [3.05, 3.63) is 22.9 Å². The van der Waals surface area contributed by atoms with Crippen LogP contribution in [0.1, 0.15) is 21.6 Å². The van der Waals surface area contributed by atoms with Crippen molar-refractivity contribution in [3.8, 4) is 0 Å². The van der Waals surface area contributed by atoms with Crippen LogP contribution < -0.4 is 16.0 Å². The molecule has 2 heterocycles. The number of aromatic nitrogens is 1. The van der Waals surface area contributed by atoms with Gasteiger partial charge < -0.3 is 20.7 Å². The van der Waals surface area contributed by atoms with E-state index >= 15 is 0 Å². The molecule has 0 bridgehead atoms. The van der Waals surface area contributed by atoms with Crippen molar-refractivity contribution >= 4 is 11.7 Å². The number of anilines is 1. The van der Waals surface area contributed by atoms with Crippen LogP contribution in [0.2, 0.25) is 0 Å². The van der Waals surface area contributed by atoms with Gasteiger partial charge in [-0.05, 0) is 32.5 Å². The predicted octanol–water partition coefficient (Wildman–Crippen LogP) is 0.222. The lowest BCUT2D eigenvalue weighted by Crippen LogP contribution is -2.47. The third-order valence-corrected chi connectivity index (χ3v) is 3.44. The molecular formula is C14H22N4O2. The first-order valence-corrected chi connectivity index (χ1v) is 6.82. The van der Waals surface area contributed by atoms with Gasteiger partial charge in [-0.15, -0.1) is 0 Å². The second kappa shape index (κ2) is 6.19. The fourth-order valence-electron chi connectivity index (χ4n) is 2.61. The van der Waals surface area contributed by atoms with Crippen LogP contribution in [0.3, 0.4) is 0 Å². The summed E-state index contributed by atoms with van der Waals surface area (Å²) in [4.78, 5) is 18.3. The molecule has 1 atom stereocenters. The number of nitrogens with one attached hydrogen (secondary N) is 1. The van der Waals surface area contributed by atoms with E-state index in [1.165, 1.54) is 0 Å². The van der Waals surface area contributed by atoms with Gasteiger partial charge in [0.2, 0.25) is 0 Å². The van der Waals surface area contributed by atoms with Crippen molar-refractivity contribution in [2.75, 3.05) is 38.2 Å². The summed E-state index contributed by atoms with van der Waals surface area (Å²) in [6, 6.07) is 1.88. The molecule has 6 nitrogen and oxygen atoms in total. The Balaban J connectivity index is 2.33. The molecule has 0 spiro atoms. The summed E-state index contributed by atoms with van der Waals surface area (Å²) in [7, 11) is 1.90. The van der Waals surface area contributed by atoms with E-state index in [2.05, 4.69) is 15.2 Å². The topological polar surface area (TPSA) is 80.5 Å². The van der Waals surface area contributed by atoms with Gasteiger partial charge in [-0.3, -0.25) is 4.79 Å². The van der Waals surface area contributed by atoms with E-state index in [9.17, 15) is 4.79 Å². The quantitative estimate of drug-likeness (QED) is 0.823. The molecule has 6 heteroatoms. The van der Waals surface area contributed by atoms with Gasteiger partial charge in [0.15, 0.2) is 0 Å². The molecule has 1 aromatic rings. The van der Waals surface area contributed by atoms with Gasteiger partial charge in [0.1, 0.15) is 5.82 Å². The number of aryl methyl sites for hydroxylation is 2. The van der Waals surface area contributed by atoms with Gasteiger partial charge in [-0.1, -0.05) is 0 Å². The van der Waals surface area contributed by atoms with Crippen molar-refractivity contribution in [1.29, 1.82) is 0 Å². The summed E-state index contributed by atoms with van der Waals surface area (Å²) >= 11 is 0. The van der Waals surface area contributed by atoms with Crippen LogP contribution >= 0.6 is 0 Å². The molecule has 20 heavy (non-hydrogen) atoms. The lowest BCUT2D eigenvalue weighted by Gasteiger charge is -2.34. The van der Waals surface area contributed by atoms with Gasteiger partial charge in [0.05, 0.1) is 18.3 Å². The standard InChI is InChI=1S/C14H22N4O2/c1-9-6-10(2)17-14(12(9)13(15)19)18-4-5-20-11(8-18)7-16-3/h6,11,16H,4-5,7-8H2,1-3H3,(H2,15,19). The zero-order valence-corrected chi connectivity index (χ0v) is 12.3. The number of amides is 1. The summed E-state index contributed by atoms with van der Waals surface area (Å²) in [5, 5.41) is 3.11. The highest BCUT2D eigenvalue weighted by molar-refractivity contribution is 5.99. The van der Waals surface area contributed by atoms with E-state index in [-0.39, 0.29) is 6.10 Å². The number of pyridine rings is 1. The second-order valence-corrected chi connectivity index (χ2v) is 5.14. The summed E-state index contributed by atoms with van der Waals surface area (Å²) in [6.07, 6.45) is 0.0945. The number of hydrogen-bond acceptors (Lipinski definition) is 5. The third kappa shape index (κ3) is 3.08. The largest absolute Gasteiger partial charge is 0.373 e. The minimum atomic E-state index is -0.429. The first-order valence-electron chi connectivity index (χ1n) is 6.82. The number of nitrogens with zero attached hydrogens (tertiary/aromatic N) is 2. The molecule has 3 N–H and O–H groups in total. The molecule has 0 saturated carbocycles. The highest BCUT2D eigenvalue weighted by Gasteiger charge is 2.25. The number of carbonyl (C=O) groups is 1. The Morgan fingerprint density at radius 2 is 2.35 bits per heavy atom. The van der Waals surface area contributed by atoms with Gasteiger partial charge in [-0.2, -0.15) is 0 Å². The Kier molecular flexibility index (Phi) is 4.57. The SMILES string of the molecule is CNCC1CN(c2nc(C)cc(C)c2C(N)=O)CCO1. The van der Waals surface area contributed by atoms with E-state index in [1.54, 1.807) is 0 Å². The van der Waals surface area contributed by atoms with E-state index in [1.807, 2.05) is 27.0 Å². The highest BCUT2D eigenvalue weighted by atomic mass is 16.5. The molecule has 1 aliphatic heterocycles. The maximum atomic E-state index is 11.7. The number of carbonyl (C=O) groups excluding carboxylic acids is 1. The minimum absolute atomic E-state index is 0.0945. The summed E-state index contributed by atoms with van der Waals surface area (Å²) in [6.45, 7) is 6.64. The normalized spacial score (nSPS) is 19.1. The Labute approximate surface area is 119 Å². The van der Waals surface area contributed by atoms with Crippen molar-refractivity contribution < 1.29 is 9.53 Å². The molecule has 1 unspecified atom stereocenters. The number of morpholine rings is 1. The highest BCUT2D eigenvalue weighted by Crippen LogP contribution is 2.24. The number of primary amides is 1.